The highest BCUT2D eigenvalue weighted by Crippen LogP contribution is 2.44. The SMILES string of the molecule is O=C(CC1(C(=O)O)CCC1)Nc1ccc(SCc2cccnc2)cc1. The van der Waals surface area contributed by atoms with Gasteiger partial charge in [0.1, 0.15) is 0 Å². The maximum Gasteiger partial charge on any atom is 0.310 e. The molecule has 0 spiro atoms. The van der Waals surface area contributed by atoms with Crippen LogP contribution in [0.25, 0.3) is 0 Å². The molecule has 1 aliphatic carbocycles. The molecule has 0 bridgehead atoms. The zero-order valence-corrected chi connectivity index (χ0v) is 14.6. The molecule has 5 nitrogen and oxygen atoms in total. The van der Waals surface area contributed by atoms with Crippen LogP contribution in [0.3, 0.4) is 0 Å². The zero-order chi connectivity index (χ0) is 17.7. The van der Waals surface area contributed by atoms with E-state index in [9.17, 15) is 14.7 Å². The number of carboxylic acids is 1. The number of anilines is 1. The number of thioether (sulfide) groups is 1. The molecule has 6 heteroatoms. The van der Waals surface area contributed by atoms with Gasteiger partial charge in [-0.15, -0.1) is 11.8 Å². The number of pyridine rings is 1. The fraction of sp³-hybridized carbons (Fsp3) is 0.316. The van der Waals surface area contributed by atoms with Crippen LogP contribution in [0.5, 0.6) is 0 Å². The lowest BCUT2D eigenvalue weighted by atomic mass is 9.66. The quantitative estimate of drug-likeness (QED) is 0.734. The van der Waals surface area contributed by atoms with E-state index in [0.717, 1.165) is 22.6 Å². The van der Waals surface area contributed by atoms with E-state index in [-0.39, 0.29) is 12.3 Å². The van der Waals surface area contributed by atoms with E-state index in [1.54, 1.807) is 18.0 Å². The van der Waals surface area contributed by atoms with Gasteiger partial charge < -0.3 is 10.4 Å². The molecule has 0 aliphatic heterocycles. The summed E-state index contributed by atoms with van der Waals surface area (Å²) >= 11 is 1.70. The predicted molar refractivity (Wildman–Crippen MR) is 97.4 cm³/mol. The van der Waals surface area contributed by atoms with Crippen molar-refractivity contribution in [2.24, 2.45) is 5.41 Å². The summed E-state index contributed by atoms with van der Waals surface area (Å²) in [5, 5.41) is 12.1. The van der Waals surface area contributed by atoms with Crippen LogP contribution in [0.4, 0.5) is 5.69 Å². The summed E-state index contributed by atoms with van der Waals surface area (Å²) in [7, 11) is 0. The molecule has 1 aromatic carbocycles. The molecule has 0 radical (unpaired) electrons. The Kier molecular flexibility index (Phi) is 5.38. The molecule has 2 N–H and O–H groups in total. The number of carbonyl (C=O) groups excluding carboxylic acids is 1. The molecule has 3 rings (SSSR count). The molecule has 1 saturated carbocycles. The van der Waals surface area contributed by atoms with Crippen molar-refractivity contribution in [1.82, 2.24) is 4.98 Å². The lowest BCUT2D eigenvalue weighted by Gasteiger charge is -2.36. The van der Waals surface area contributed by atoms with Gasteiger partial charge in [0.05, 0.1) is 5.41 Å². The topological polar surface area (TPSA) is 79.3 Å². The Morgan fingerprint density at radius 1 is 1.20 bits per heavy atom. The van der Waals surface area contributed by atoms with Gasteiger partial charge in [0.15, 0.2) is 0 Å². The van der Waals surface area contributed by atoms with E-state index in [2.05, 4.69) is 10.3 Å². The summed E-state index contributed by atoms with van der Waals surface area (Å²) in [5.41, 5.74) is 0.990. The lowest BCUT2D eigenvalue weighted by molar-refractivity contribution is -0.157. The Bertz CT molecular complexity index is 743. The third-order valence-electron chi connectivity index (χ3n) is 4.53. The number of amides is 1. The molecular weight excluding hydrogens is 336 g/mol. The van der Waals surface area contributed by atoms with Gasteiger partial charge in [0.2, 0.25) is 5.91 Å². The fourth-order valence-electron chi connectivity index (χ4n) is 2.87. The van der Waals surface area contributed by atoms with Crippen molar-refractivity contribution in [3.63, 3.8) is 0 Å². The molecular formula is C19H20N2O3S. The molecule has 1 amide bonds. The number of carboxylic acid groups (broad SMARTS) is 1. The van der Waals surface area contributed by atoms with Gasteiger partial charge in [0.25, 0.3) is 0 Å². The van der Waals surface area contributed by atoms with Crippen molar-refractivity contribution < 1.29 is 14.7 Å². The van der Waals surface area contributed by atoms with Gasteiger partial charge in [-0.3, -0.25) is 14.6 Å². The van der Waals surface area contributed by atoms with Crippen LogP contribution in [0.1, 0.15) is 31.2 Å². The first kappa shape index (κ1) is 17.5. The average Bonchev–Trinajstić information content (AvgIpc) is 2.58. The molecule has 0 atom stereocenters. The minimum absolute atomic E-state index is 0.0415. The number of carbonyl (C=O) groups is 2. The van der Waals surface area contributed by atoms with Crippen LogP contribution < -0.4 is 5.32 Å². The number of benzene rings is 1. The average molecular weight is 356 g/mol. The molecule has 1 fully saturated rings. The molecule has 0 unspecified atom stereocenters. The van der Waals surface area contributed by atoms with Gasteiger partial charge in [-0.1, -0.05) is 12.5 Å². The number of nitrogens with one attached hydrogen (secondary N) is 1. The number of hydrogen-bond donors (Lipinski definition) is 2. The fourth-order valence-corrected chi connectivity index (χ4v) is 3.70. The first-order valence-electron chi connectivity index (χ1n) is 8.22. The third-order valence-corrected chi connectivity index (χ3v) is 5.61. The van der Waals surface area contributed by atoms with Gasteiger partial charge in [-0.05, 0) is 48.7 Å². The van der Waals surface area contributed by atoms with Crippen molar-refractivity contribution in [2.45, 2.75) is 36.3 Å². The van der Waals surface area contributed by atoms with Gasteiger partial charge in [-0.25, -0.2) is 0 Å². The van der Waals surface area contributed by atoms with Crippen molar-refractivity contribution in [3.05, 3.63) is 54.4 Å². The summed E-state index contributed by atoms with van der Waals surface area (Å²) in [6.45, 7) is 0. The van der Waals surface area contributed by atoms with E-state index in [0.29, 0.717) is 18.5 Å². The molecule has 1 aliphatic rings. The van der Waals surface area contributed by atoms with Gasteiger partial charge >= 0.3 is 5.97 Å². The highest BCUT2D eigenvalue weighted by molar-refractivity contribution is 7.98. The molecule has 130 valence electrons. The van der Waals surface area contributed by atoms with Crippen LogP contribution in [-0.4, -0.2) is 22.0 Å². The van der Waals surface area contributed by atoms with E-state index >= 15 is 0 Å². The molecule has 2 aromatic rings. The van der Waals surface area contributed by atoms with Crippen molar-refractivity contribution in [2.75, 3.05) is 5.32 Å². The zero-order valence-electron chi connectivity index (χ0n) is 13.8. The first-order valence-corrected chi connectivity index (χ1v) is 9.21. The number of aliphatic carboxylic acids is 1. The minimum atomic E-state index is -0.865. The van der Waals surface area contributed by atoms with Crippen LogP contribution >= 0.6 is 11.8 Å². The number of aromatic nitrogens is 1. The number of nitrogens with zero attached hydrogens (tertiary/aromatic N) is 1. The summed E-state index contributed by atoms with van der Waals surface area (Å²) in [6.07, 6.45) is 5.69. The maximum absolute atomic E-state index is 12.1. The molecule has 1 heterocycles. The molecule has 0 saturated heterocycles. The minimum Gasteiger partial charge on any atom is -0.481 e. The highest BCUT2D eigenvalue weighted by Gasteiger charge is 2.45. The second-order valence-electron chi connectivity index (χ2n) is 6.34. The molecule has 25 heavy (non-hydrogen) atoms. The van der Waals surface area contributed by atoms with Gasteiger partial charge in [0, 0.05) is 35.2 Å². The van der Waals surface area contributed by atoms with Crippen molar-refractivity contribution in [3.8, 4) is 0 Å². The number of hydrogen-bond acceptors (Lipinski definition) is 4. The van der Waals surface area contributed by atoms with Crippen molar-refractivity contribution >= 4 is 29.3 Å². The largest absolute Gasteiger partial charge is 0.481 e. The van der Waals surface area contributed by atoms with E-state index in [1.165, 1.54) is 0 Å². The lowest BCUT2D eigenvalue weighted by Crippen LogP contribution is -2.41. The van der Waals surface area contributed by atoms with Gasteiger partial charge in [-0.2, -0.15) is 0 Å². The summed E-state index contributed by atoms with van der Waals surface area (Å²) in [4.78, 5) is 28.7. The van der Waals surface area contributed by atoms with E-state index in [1.807, 2.05) is 42.6 Å². The van der Waals surface area contributed by atoms with Crippen LogP contribution in [-0.2, 0) is 15.3 Å². The second-order valence-corrected chi connectivity index (χ2v) is 7.39. The van der Waals surface area contributed by atoms with E-state index < -0.39 is 11.4 Å². The summed E-state index contributed by atoms with van der Waals surface area (Å²) < 4.78 is 0. The predicted octanol–water partition coefficient (Wildman–Crippen LogP) is 3.96. The first-order chi connectivity index (χ1) is 12.1. The standard InChI is InChI=1S/C19H20N2O3S/c22-17(11-19(18(23)24)8-2-9-19)21-15-4-6-16(7-5-15)25-13-14-3-1-10-20-12-14/h1,3-7,10,12H,2,8-9,11,13H2,(H,21,22)(H,23,24). The Morgan fingerprint density at radius 3 is 2.52 bits per heavy atom. The normalized spacial score (nSPS) is 15.2. The highest BCUT2D eigenvalue weighted by atomic mass is 32.2. The molecule has 1 aromatic heterocycles. The van der Waals surface area contributed by atoms with Crippen LogP contribution in [0, 0.1) is 5.41 Å². The summed E-state index contributed by atoms with van der Waals surface area (Å²) in [6, 6.07) is 11.5. The van der Waals surface area contributed by atoms with Crippen molar-refractivity contribution in [1.29, 1.82) is 0 Å². The Labute approximate surface area is 150 Å². The Balaban J connectivity index is 1.52. The summed E-state index contributed by atoms with van der Waals surface area (Å²) in [5.74, 6) is -0.269. The maximum atomic E-state index is 12.1. The Morgan fingerprint density at radius 2 is 1.96 bits per heavy atom. The smallest absolute Gasteiger partial charge is 0.310 e. The third kappa shape index (κ3) is 4.39. The van der Waals surface area contributed by atoms with Crippen LogP contribution in [0.2, 0.25) is 0 Å². The second kappa shape index (κ2) is 7.70. The van der Waals surface area contributed by atoms with E-state index in [4.69, 9.17) is 0 Å². The Hall–Kier alpha value is -2.34. The monoisotopic (exact) mass is 356 g/mol. The van der Waals surface area contributed by atoms with Crippen LogP contribution in [0.15, 0.2) is 53.7 Å². The number of rotatable bonds is 7.